The minimum absolute atomic E-state index is 1.43. The number of hydrogen-bond acceptors (Lipinski definition) is 4. The fourth-order valence-corrected chi connectivity index (χ4v) is 2.12. The first-order valence-corrected chi connectivity index (χ1v) is 5.74. The highest BCUT2D eigenvalue weighted by molar-refractivity contribution is 7.49. The molecule has 0 unspecified atom stereocenters. The molecule has 0 spiro atoms. The van der Waals surface area contributed by atoms with Crippen molar-refractivity contribution in [2.75, 3.05) is 0 Å². The molecule has 12 heavy (non-hydrogen) atoms. The SMILES string of the molecule is O=P(OCl)(OC(Cl)Cl)OC(Cl)Cl. The number of phosphoric ester groups is 1. The second-order valence-electron chi connectivity index (χ2n) is 1.25. The molecule has 0 N–H and O–H groups in total. The van der Waals surface area contributed by atoms with Crippen LogP contribution in [0.1, 0.15) is 0 Å². The Kier molecular flexibility index (Phi) is 6.92. The first kappa shape index (κ1) is 13.6. The summed E-state index contributed by atoms with van der Waals surface area (Å²) < 4.78 is 23.3. The highest BCUT2D eigenvalue weighted by Crippen LogP contribution is 2.54. The van der Waals surface area contributed by atoms with Crippen LogP contribution in [0.5, 0.6) is 0 Å². The first-order valence-electron chi connectivity index (χ1n) is 2.23. The third kappa shape index (κ3) is 6.08. The van der Waals surface area contributed by atoms with E-state index in [9.17, 15) is 4.57 Å². The third-order valence-corrected chi connectivity index (χ3v) is 2.97. The summed E-state index contributed by atoms with van der Waals surface area (Å²) in [6, 6.07) is 0. The van der Waals surface area contributed by atoms with Gasteiger partial charge in [0.05, 0.1) is 11.9 Å². The van der Waals surface area contributed by atoms with Gasteiger partial charge in [-0.05, 0) is 0 Å². The molecule has 0 aliphatic rings. The molecule has 0 heterocycles. The average Bonchev–Trinajstić information content (AvgIpc) is 1.83. The van der Waals surface area contributed by atoms with E-state index >= 15 is 0 Å². The molecule has 0 rings (SSSR count). The number of phosphoric acid groups is 1. The second kappa shape index (κ2) is 6.12. The molecule has 0 bridgehead atoms. The van der Waals surface area contributed by atoms with Crippen molar-refractivity contribution >= 4 is 66.1 Å². The number of halogens is 5. The normalized spacial score (nSPS) is 12.9. The Bertz CT molecular complexity index is 159. The molecule has 0 fully saturated rings. The molecular weight excluding hydrogens is 296 g/mol. The second-order valence-corrected chi connectivity index (χ2v) is 5.15. The molecule has 0 saturated heterocycles. The van der Waals surface area contributed by atoms with Gasteiger partial charge in [-0.3, -0.25) is 9.05 Å². The molecule has 4 nitrogen and oxygen atoms in total. The lowest BCUT2D eigenvalue weighted by Gasteiger charge is -2.14. The van der Waals surface area contributed by atoms with Crippen LogP contribution in [-0.4, -0.2) is 10.0 Å². The zero-order valence-corrected chi connectivity index (χ0v) is 9.80. The van der Waals surface area contributed by atoms with E-state index in [1.54, 1.807) is 0 Å². The maximum absolute atomic E-state index is 11.1. The standard InChI is InChI=1S/C2H2Cl5O4P/c3-1(4)9-12(8,11-7)10-2(5)6/h1-2H. The molecule has 0 radical (unpaired) electrons. The molecule has 0 aromatic rings. The molecule has 0 aromatic carbocycles. The largest absolute Gasteiger partial charge is 0.496 e. The van der Waals surface area contributed by atoms with Gasteiger partial charge < -0.3 is 0 Å². The Morgan fingerprint density at radius 2 is 1.33 bits per heavy atom. The van der Waals surface area contributed by atoms with Gasteiger partial charge in [0.15, 0.2) is 0 Å². The van der Waals surface area contributed by atoms with Gasteiger partial charge in [-0.1, -0.05) is 46.4 Å². The summed E-state index contributed by atoms with van der Waals surface area (Å²) >= 11 is 25.1. The lowest BCUT2D eigenvalue weighted by atomic mass is 11.7. The van der Waals surface area contributed by atoms with Crippen LogP contribution in [0.4, 0.5) is 0 Å². The van der Waals surface area contributed by atoms with Crippen molar-refractivity contribution in [3.63, 3.8) is 0 Å². The molecule has 0 saturated carbocycles. The van der Waals surface area contributed by atoms with Crippen molar-refractivity contribution < 1.29 is 17.7 Å². The van der Waals surface area contributed by atoms with Crippen molar-refractivity contribution in [3.8, 4) is 0 Å². The molecule has 0 aliphatic carbocycles. The van der Waals surface area contributed by atoms with Crippen molar-refractivity contribution in [3.05, 3.63) is 0 Å². The Morgan fingerprint density at radius 3 is 1.50 bits per heavy atom. The highest BCUT2D eigenvalue weighted by Gasteiger charge is 2.32. The van der Waals surface area contributed by atoms with Crippen LogP contribution in [0.2, 0.25) is 0 Å². The molecule has 0 aromatic heterocycles. The van der Waals surface area contributed by atoms with Crippen LogP contribution in [-0.2, 0) is 17.7 Å². The van der Waals surface area contributed by atoms with Gasteiger partial charge in [-0.15, -0.1) is 0 Å². The van der Waals surface area contributed by atoms with Crippen molar-refractivity contribution in [2.24, 2.45) is 0 Å². The monoisotopic (exact) mass is 296 g/mol. The fourth-order valence-electron chi connectivity index (χ4n) is 0.253. The molecular formula is C2H2Cl5O4P. The van der Waals surface area contributed by atoms with Gasteiger partial charge in [0.1, 0.15) is 0 Å². The predicted molar refractivity (Wildman–Crippen MR) is 47.7 cm³/mol. The van der Waals surface area contributed by atoms with Crippen LogP contribution in [0.3, 0.4) is 0 Å². The summed E-state index contributed by atoms with van der Waals surface area (Å²) in [5, 5.41) is -2.86. The zero-order chi connectivity index (χ0) is 9.78. The smallest absolute Gasteiger partial charge is 0.251 e. The molecule has 0 atom stereocenters. The number of hydrogen-bond donors (Lipinski definition) is 0. The van der Waals surface area contributed by atoms with E-state index in [1.165, 1.54) is 0 Å². The number of rotatable bonds is 5. The maximum Gasteiger partial charge on any atom is 0.496 e. The van der Waals surface area contributed by atoms with Gasteiger partial charge >= 0.3 is 7.82 Å². The molecule has 74 valence electrons. The average molecular weight is 298 g/mol. The van der Waals surface area contributed by atoms with Gasteiger partial charge in [0.2, 0.25) is 10.0 Å². The Hall–Kier alpha value is 1.56. The minimum atomic E-state index is -4.07. The maximum atomic E-state index is 11.1. The zero-order valence-electron chi connectivity index (χ0n) is 5.12. The summed E-state index contributed by atoms with van der Waals surface area (Å²) in [4.78, 5) is 0. The highest BCUT2D eigenvalue weighted by atomic mass is 35.5. The van der Waals surface area contributed by atoms with Crippen LogP contribution < -0.4 is 0 Å². The van der Waals surface area contributed by atoms with E-state index in [4.69, 9.17) is 58.3 Å². The van der Waals surface area contributed by atoms with E-state index < -0.39 is 17.9 Å². The van der Waals surface area contributed by atoms with E-state index in [0.29, 0.717) is 0 Å². The van der Waals surface area contributed by atoms with Crippen LogP contribution in [0, 0.1) is 0 Å². The molecule has 0 amide bonds. The van der Waals surface area contributed by atoms with Crippen LogP contribution in [0.25, 0.3) is 0 Å². The van der Waals surface area contributed by atoms with Gasteiger partial charge in [0.25, 0.3) is 0 Å². The predicted octanol–water partition coefficient (Wildman–Crippen LogP) is 3.82. The Labute approximate surface area is 93.7 Å². The lowest BCUT2D eigenvalue weighted by molar-refractivity contribution is 0.178. The van der Waals surface area contributed by atoms with Crippen molar-refractivity contribution in [2.45, 2.75) is 10.0 Å². The minimum Gasteiger partial charge on any atom is -0.251 e. The third-order valence-electron chi connectivity index (χ3n) is 0.502. The first-order chi connectivity index (χ1) is 5.39. The summed E-state index contributed by atoms with van der Waals surface area (Å²) in [5.41, 5.74) is 0. The Balaban J connectivity index is 4.15. The Morgan fingerprint density at radius 1 is 1.00 bits per heavy atom. The van der Waals surface area contributed by atoms with Crippen molar-refractivity contribution in [1.82, 2.24) is 0 Å². The van der Waals surface area contributed by atoms with E-state index in [-0.39, 0.29) is 0 Å². The van der Waals surface area contributed by atoms with Gasteiger partial charge in [0, 0.05) is 0 Å². The van der Waals surface area contributed by atoms with Crippen LogP contribution >= 0.6 is 66.1 Å². The summed E-state index contributed by atoms with van der Waals surface area (Å²) in [6.45, 7) is 0. The summed E-state index contributed by atoms with van der Waals surface area (Å²) in [5.74, 6) is 0. The fraction of sp³-hybridized carbons (Fsp3) is 1.00. The van der Waals surface area contributed by atoms with Crippen molar-refractivity contribution in [1.29, 1.82) is 0 Å². The summed E-state index contributed by atoms with van der Waals surface area (Å²) in [6.07, 6.45) is 0. The van der Waals surface area contributed by atoms with E-state index in [2.05, 4.69) is 13.1 Å². The topological polar surface area (TPSA) is 44.8 Å². The quantitative estimate of drug-likeness (QED) is 0.572. The summed E-state index contributed by atoms with van der Waals surface area (Å²) in [7, 11) is -4.07. The number of alkyl halides is 4. The van der Waals surface area contributed by atoms with Gasteiger partial charge in [-0.2, -0.15) is 4.08 Å². The molecule has 10 heteroatoms. The lowest BCUT2D eigenvalue weighted by Crippen LogP contribution is -2.01. The van der Waals surface area contributed by atoms with Crippen LogP contribution in [0.15, 0.2) is 0 Å². The van der Waals surface area contributed by atoms with Gasteiger partial charge in [-0.25, -0.2) is 4.57 Å². The molecule has 0 aliphatic heterocycles. The van der Waals surface area contributed by atoms with E-state index in [0.717, 1.165) is 0 Å². The van der Waals surface area contributed by atoms with E-state index in [1.807, 2.05) is 0 Å².